The summed E-state index contributed by atoms with van der Waals surface area (Å²) in [6, 6.07) is 13.3. The Morgan fingerprint density at radius 1 is 1.09 bits per heavy atom. The number of carbonyl (C=O) groups excluding carboxylic acids is 1. The molecule has 0 radical (unpaired) electrons. The molecule has 0 saturated heterocycles. The topological polar surface area (TPSA) is 85.8 Å². The van der Waals surface area contributed by atoms with Crippen molar-refractivity contribution < 1.29 is 22.5 Å². The lowest BCUT2D eigenvalue weighted by Crippen LogP contribution is -2.15. The number of nitrogens with zero attached hydrogens (tertiary/aromatic N) is 4. The zero-order chi connectivity index (χ0) is 23.8. The fraction of sp³-hybridized carbons (Fsp3) is 0.182. The molecule has 0 aliphatic rings. The summed E-state index contributed by atoms with van der Waals surface area (Å²) in [6.07, 6.45) is -4.58. The van der Waals surface area contributed by atoms with Gasteiger partial charge in [0.15, 0.2) is 0 Å². The van der Waals surface area contributed by atoms with E-state index in [1.807, 2.05) is 6.92 Å². The van der Waals surface area contributed by atoms with E-state index in [1.54, 1.807) is 60.1 Å². The van der Waals surface area contributed by atoms with Gasteiger partial charge in [0.05, 0.1) is 17.8 Å². The number of hydrogen-bond acceptors (Lipinski definition) is 5. The Morgan fingerprint density at radius 3 is 2.36 bits per heavy atom. The van der Waals surface area contributed by atoms with Crippen molar-refractivity contribution in [3.05, 3.63) is 76.4 Å². The van der Waals surface area contributed by atoms with Gasteiger partial charge in [-0.3, -0.25) is 4.79 Å². The fourth-order valence-electron chi connectivity index (χ4n) is 3.29. The number of carbonyl (C=O) groups is 1. The number of anilines is 1. The number of aryl methyl sites for hydroxylation is 1. The minimum Gasteiger partial charge on any atom is -0.329 e. The Hall–Kier alpha value is -3.66. The minimum atomic E-state index is -4.70. The highest BCUT2D eigenvalue weighted by Gasteiger charge is 2.38. The predicted octanol–water partition coefficient (Wildman–Crippen LogP) is 5.39. The van der Waals surface area contributed by atoms with Crippen LogP contribution in [0.15, 0.2) is 53.1 Å². The van der Waals surface area contributed by atoms with E-state index in [2.05, 4.69) is 25.1 Å². The van der Waals surface area contributed by atoms with Crippen molar-refractivity contribution >= 4 is 23.2 Å². The smallest absolute Gasteiger partial charge is 0.329 e. The summed E-state index contributed by atoms with van der Waals surface area (Å²) in [6.45, 7) is 3.65. The number of alkyl halides is 3. The number of rotatable bonds is 5. The second-order valence-electron chi connectivity index (χ2n) is 7.26. The highest BCUT2D eigenvalue weighted by molar-refractivity contribution is 6.30. The van der Waals surface area contributed by atoms with Crippen LogP contribution in [0.4, 0.5) is 18.9 Å². The third-order valence-corrected chi connectivity index (χ3v) is 5.20. The zero-order valence-corrected chi connectivity index (χ0v) is 18.2. The van der Waals surface area contributed by atoms with Gasteiger partial charge in [-0.15, -0.1) is 0 Å². The van der Waals surface area contributed by atoms with Gasteiger partial charge in [-0.2, -0.15) is 23.3 Å². The summed E-state index contributed by atoms with van der Waals surface area (Å²) in [5.74, 6) is -1.76. The van der Waals surface area contributed by atoms with Gasteiger partial charge in [-0.05, 0) is 62.4 Å². The van der Waals surface area contributed by atoms with Crippen molar-refractivity contribution in [2.75, 3.05) is 5.32 Å². The molecule has 7 nitrogen and oxygen atoms in total. The number of amides is 1. The number of aromatic nitrogens is 4. The van der Waals surface area contributed by atoms with Crippen LogP contribution in [0, 0.1) is 13.8 Å². The van der Waals surface area contributed by atoms with Gasteiger partial charge in [0, 0.05) is 27.5 Å². The summed E-state index contributed by atoms with van der Waals surface area (Å²) in [5.41, 5.74) is 3.91. The van der Waals surface area contributed by atoms with Crippen LogP contribution in [0.25, 0.3) is 17.1 Å². The first-order valence-corrected chi connectivity index (χ1v) is 10.1. The molecular weight excluding hydrogens is 459 g/mol. The third kappa shape index (κ3) is 4.90. The van der Waals surface area contributed by atoms with Gasteiger partial charge in [-0.25, -0.2) is 4.68 Å². The fourth-order valence-corrected chi connectivity index (χ4v) is 3.41. The first-order valence-electron chi connectivity index (χ1n) is 9.74. The maximum absolute atomic E-state index is 12.7. The van der Waals surface area contributed by atoms with E-state index >= 15 is 0 Å². The van der Waals surface area contributed by atoms with E-state index in [1.165, 1.54) is 0 Å². The molecule has 1 amide bonds. The number of nitrogens with one attached hydrogen (secondary N) is 1. The molecule has 0 aliphatic carbocycles. The Bertz CT molecular complexity index is 1300. The largest absolute Gasteiger partial charge is 0.471 e. The van der Waals surface area contributed by atoms with Gasteiger partial charge in [0.1, 0.15) is 0 Å². The molecule has 1 N–H and O–H groups in total. The van der Waals surface area contributed by atoms with Crippen LogP contribution < -0.4 is 5.32 Å². The molecule has 0 aliphatic heterocycles. The van der Waals surface area contributed by atoms with Gasteiger partial charge >= 0.3 is 12.1 Å². The molecule has 2 aromatic carbocycles. The van der Waals surface area contributed by atoms with Gasteiger partial charge in [0.25, 0.3) is 0 Å². The molecule has 0 bridgehead atoms. The quantitative estimate of drug-likeness (QED) is 0.418. The van der Waals surface area contributed by atoms with E-state index < -0.39 is 12.1 Å². The van der Waals surface area contributed by atoms with Gasteiger partial charge in [0.2, 0.25) is 11.7 Å². The normalized spacial score (nSPS) is 11.6. The van der Waals surface area contributed by atoms with Crippen molar-refractivity contribution in [1.82, 2.24) is 19.9 Å². The van der Waals surface area contributed by atoms with E-state index in [4.69, 9.17) is 11.6 Å². The monoisotopic (exact) mass is 475 g/mol. The van der Waals surface area contributed by atoms with Crippen molar-refractivity contribution in [2.45, 2.75) is 26.4 Å². The van der Waals surface area contributed by atoms with Gasteiger partial charge in [-0.1, -0.05) is 16.8 Å². The molecule has 4 aromatic rings. The van der Waals surface area contributed by atoms with E-state index in [0.717, 1.165) is 11.3 Å². The van der Waals surface area contributed by atoms with Crippen LogP contribution in [0.1, 0.15) is 22.8 Å². The molecule has 11 heteroatoms. The average Bonchev–Trinajstić information content (AvgIpc) is 3.37. The van der Waals surface area contributed by atoms with Crippen LogP contribution in [0.5, 0.6) is 0 Å². The zero-order valence-electron chi connectivity index (χ0n) is 17.4. The van der Waals surface area contributed by atoms with Crippen LogP contribution in [0.3, 0.4) is 0 Å². The molecular formula is C22H17ClF3N5O2. The maximum atomic E-state index is 12.7. The van der Waals surface area contributed by atoms with Crippen molar-refractivity contribution in [1.29, 1.82) is 0 Å². The Balaban J connectivity index is 1.52. The minimum absolute atomic E-state index is 0.126. The standard InChI is InChI=1S/C22H17ClF3N5O2/c1-12-18(11-19(32)27-16-7-5-15(23)6-8-16)13(2)31(29-12)17-9-3-14(4-10-17)20-28-21(33-30-20)22(24,25)26/h3-10H,11H2,1-2H3,(H,27,32). The van der Waals surface area contributed by atoms with Crippen LogP contribution in [0.2, 0.25) is 5.02 Å². The molecule has 4 rings (SSSR count). The summed E-state index contributed by atoms with van der Waals surface area (Å²) in [4.78, 5) is 15.9. The molecule has 0 spiro atoms. The summed E-state index contributed by atoms with van der Waals surface area (Å²) < 4.78 is 44.0. The third-order valence-electron chi connectivity index (χ3n) is 4.95. The molecule has 170 valence electrons. The molecule has 2 aromatic heterocycles. The maximum Gasteiger partial charge on any atom is 0.471 e. The molecule has 33 heavy (non-hydrogen) atoms. The SMILES string of the molecule is Cc1nn(-c2ccc(-c3noc(C(F)(F)F)n3)cc2)c(C)c1CC(=O)Nc1ccc(Cl)cc1. The molecule has 0 fully saturated rings. The Kier molecular flexibility index (Phi) is 5.94. The molecule has 2 heterocycles. The first kappa shape index (κ1) is 22.5. The van der Waals surface area contributed by atoms with Crippen molar-refractivity contribution in [2.24, 2.45) is 0 Å². The lowest BCUT2D eigenvalue weighted by molar-refractivity contribution is -0.159. The highest BCUT2D eigenvalue weighted by atomic mass is 35.5. The lowest BCUT2D eigenvalue weighted by atomic mass is 10.1. The summed E-state index contributed by atoms with van der Waals surface area (Å²) in [5, 5.41) is 11.3. The van der Waals surface area contributed by atoms with E-state index in [9.17, 15) is 18.0 Å². The van der Waals surface area contributed by atoms with E-state index in [0.29, 0.717) is 27.7 Å². The lowest BCUT2D eigenvalue weighted by Gasteiger charge is -2.07. The number of halogens is 4. The van der Waals surface area contributed by atoms with Crippen LogP contribution in [-0.2, 0) is 17.4 Å². The summed E-state index contributed by atoms with van der Waals surface area (Å²) >= 11 is 5.86. The second-order valence-corrected chi connectivity index (χ2v) is 7.70. The number of hydrogen-bond donors (Lipinski definition) is 1. The van der Waals surface area contributed by atoms with Crippen molar-refractivity contribution in [3.8, 4) is 17.1 Å². The molecule has 0 saturated carbocycles. The Morgan fingerprint density at radius 2 is 1.76 bits per heavy atom. The van der Waals surface area contributed by atoms with Crippen LogP contribution >= 0.6 is 11.6 Å². The average molecular weight is 476 g/mol. The van der Waals surface area contributed by atoms with Crippen molar-refractivity contribution in [3.63, 3.8) is 0 Å². The van der Waals surface area contributed by atoms with Crippen LogP contribution in [-0.4, -0.2) is 25.8 Å². The molecule has 0 unspecified atom stereocenters. The summed E-state index contributed by atoms with van der Waals surface area (Å²) in [7, 11) is 0. The number of benzene rings is 2. The highest BCUT2D eigenvalue weighted by Crippen LogP contribution is 2.29. The first-order chi connectivity index (χ1) is 15.6. The molecule has 0 atom stereocenters. The Labute approximate surface area is 191 Å². The predicted molar refractivity (Wildman–Crippen MR) is 115 cm³/mol. The van der Waals surface area contributed by atoms with Gasteiger partial charge < -0.3 is 9.84 Å². The second kappa shape index (κ2) is 8.70. The van der Waals surface area contributed by atoms with E-state index in [-0.39, 0.29) is 18.2 Å².